The largest absolute Gasteiger partial charge is 0.198 e. The van der Waals surface area contributed by atoms with Gasteiger partial charge in [0.15, 0.2) is 0 Å². The van der Waals surface area contributed by atoms with Gasteiger partial charge in [0.25, 0.3) is 0 Å². The summed E-state index contributed by atoms with van der Waals surface area (Å²) >= 11 is 0. The summed E-state index contributed by atoms with van der Waals surface area (Å²) in [5.74, 6) is 1.66. The molecule has 0 heterocycles. The molecule has 0 spiro atoms. The van der Waals surface area contributed by atoms with E-state index in [9.17, 15) is 0 Å². The highest BCUT2D eigenvalue weighted by Crippen LogP contribution is 2.32. The van der Waals surface area contributed by atoms with Crippen molar-refractivity contribution < 1.29 is 0 Å². The van der Waals surface area contributed by atoms with Crippen LogP contribution < -0.4 is 0 Å². The van der Waals surface area contributed by atoms with Crippen LogP contribution in [0.25, 0.3) is 0 Å². The van der Waals surface area contributed by atoms with Gasteiger partial charge < -0.3 is 0 Å². The van der Waals surface area contributed by atoms with E-state index < -0.39 is 0 Å². The molecule has 0 N–H and O–H groups in total. The zero-order valence-electron chi connectivity index (χ0n) is 8.34. The Morgan fingerprint density at radius 3 is 2.54 bits per heavy atom. The van der Waals surface area contributed by atoms with Crippen molar-refractivity contribution in [3.63, 3.8) is 0 Å². The van der Waals surface area contributed by atoms with Crippen molar-refractivity contribution in [3.8, 4) is 6.07 Å². The molecule has 13 heavy (non-hydrogen) atoms. The van der Waals surface area contributed by atoms with Gasteiger partial charge in [0.2, 0.25) is 0 Å². The third kappa shape index (κ3) is 3.63. The van der Waals surface area contributed by atoms with Crippen LogP contribution in [0.3, 0.4) is 0 Å². The lowest BCUT2D eigenvalue weighted by Crippen LogP contribution is -2.12. The lowest BCUT2D eigenvalue weighted by Gasteiger charge is -2.26. The van der Waals surface area contributed by atoms with Crippen molar-refractivity contribution in [2.24, 2.45) is 11.8 Å². The van der Waals surface area contributed by atoms with Gasteiger partial charge in [-0.2, -0.15) is 5.26 Å². The van der Waals surface area contributed by atoms with E-state index >= 15 is 0 Å². The maximum atomic E-state index is 8.41. The first-order valence-corrected chi connectivity index (χ1v) is 5.36. The maximum Gasteiger partial charge on any atom is 0.0621 e. The minimum atomic E-state index is 0.737. The number of nitriles is 1. The molecule has 1 rings (SSSR count). The number of unbranched alkanes of at least 4 members (excludes halogenated alkanes) is 1. The van der Waals surface area contributed by atoms with Gasteiger partial charge in [0.1, 0.15) is 0 Å². The fourth-order valence-corrected chi connectivity index (χ4v) is 2.18. The van der Waals surface area contributed by atoms with Crippen molar-refractivity contribution in [3.05, 3.63) is 12.7 Å². The van der Waals surface area contributed by atoms with Gasteiger partial charge in [-0.15, -0.1) is 6.58 Å². The predicted molar refractivity (Wildman–Crippen MR) is 55.1 cm³/mol. The lowest BCUT2D eigenvalue weighted by atomic mass is 9.80. The van der Waals surface area contributed by atoms with Crippen LogP contribution in [0.1, 0.15) is 44.9 Å². The average molecular weight is 177 g/mol. The minimum Gasteiger partial charge on any atom is -0.198 e. The van der Waals surface area contributed by atoms with Gasteiger partial charge in [-0.25, -0.2) is 0 Å². The normalized spacial score (nSPS) is 27.9. The second-order valence-electron chi connectivity index (χ2n) is 4.07. The zero-order valence-corrected chi connectivity index (χ0v) is 8.34. The third-order valence-corrected chi connectivity index (χ3v) is 3.13. The molecule has 0 aromatic heterocycles. The van der Waals surface area contributed by atoms with Gasteiger partial charge in [0, 0.05) is 6.42 Å². The molecule has 0 aromatic rings. The van der Waals surface area contributed by atoms with E-state index in [1.54, 1.807) is 0 Å². The Kier molecular flexibility index (Phi) is 4.60. The van der Waals surface area contributed by atoms with Crippen molar-refractivity contribution >= 4 is 0 Å². The van der Waals surface area contributed by atoms with E-state index in [4.69, 9.17) is 5.26 Å². The van der Waals surface area contributed by atoms with Crippen LogP contribution >= 0.6 is 0 Å². The van der Waals surface area contributed by atoms with Crippen LogP contribution in [0.5, 0.6) is 0 Å². The third-order valence-electron chi connectivity index (χ3n) is 3.13. The quantitative estimate of drug-likeness (QED) is 0.474. The first kappa shape index (κ1) is 10.3. The fourth-order valence-electron chi connectivity index (χ4n) is 2.18. The van der Waals surface area contributed by atoms with Crippen LogP contribution in [0.2, 0.25) is 0 Å². The molecule has 1 heteroatoms. The first-order chi connectivity index (χ1) is 6.36. The van der Waals surface area contributed by atoms with E-state index in [0.717, 1.165) is 24.7 Å². The second-order valence-corrected chi connectivity index (χ2v) is 4.07. The van der Waals surface area contributed by atoms with Crippen LogP contribution in [0.4, 0.5) is 0 Å². The Labute approximate surface area is 81.5 Å². The van der Waals surface area contributed by atoms with Crippen LogP contribution in [0.15, 0.2) is 12.7 Å². The molecular formula is C12H19N. The maximum absolute atomic E-state index is 8.41. The molecular weight excluding hydrogens is 158 g/mol. The van der Waals surface area contributed by atoms with E-state index in [1.165, 1.54) is 32.1 Å². The zero-order chi connectivity index (χ0) is 9.52. The fraction of sp³-hybridized carbons (Fsp3) is 0.750. The number of rotatable bonds is 4. The summed E-state index contributed by atoms with van der Waals surface area (Å²) in [6, 6.07) is 2.21. The van der Waals surface area contributed by atoms with Crippen molar-refractivity contribution in [1.82, 2.24) is 0 Å². The summed E-state index contributed by atoms with van der Waals surface area (Å²) < 4.78 is 0. The SMILES string of the molecule is C=CC1CCC(CCCC#N)CC1. The first-order valence-electron chi connectivity index (χ1n) is 5.36. The molecule has 72 valence electrons. The summed E-state index contributed by atoms with van der Waals surface area (Å²) in [6.45, 7) is 3.84. The number of nitrogens with zero attached hydrogens (tertiary/aromatic N) is 1. The summed E-state index contributed by atoms with van der Waals surface area (Å²) in [5.41, 5.74) is 0. The number of allylic oxidation sites excluding steroid dienone is 1. The number of hydrogen-bond donors (Lipinski definition) is 0. The molecule has 0 radical (unpaired) electrons. The topological polar surface area (TPSA) is 23.8 Å². The highest BCUT2D eigenvalue weighted by Gasteiger charge is 2.18. The highest BCUT2D eigenvalue weighted by molar-refractivity contribution is 4.84. The smallest absolute Gasteiger partial charge is 0.0621 e. The molecule has 0 aromatic carbocycles. The monoisotopic (exact) mass is 177 g/mol. The van der Waals surface area contributed by atoms with Gasteiger partial charge >= 0.3 is 0 Å². The van der Waals surface area contributed by atoms with Gasteiger partial charge in [-0.05, 0) is 50.4 Å². The molecule has 0 aliphatic heterocycles. The summed E-state index contributed by atoms with van der Waals surface area (Å²) in [4.78, 5) is 0. The van der Waals surface area contributed by atoms with Crippen molar-refractivity contribution in [2.75, 3.05) is 0 Å². The molecule has 0 unspecified atom stereocenters. The van der Waals surface area contributed by atoms with E-state index in [0.29, 0.717) is 0 Å². The van der Waals surface area contributed by atoms with Crippen molar-refractivity contribution in [1.29, 1.82) is 5.26 Å². The van der Waals surface area contributed by atoms with Gasteiger partial charge in [-0.1, -0.05) is 6.08 Å². The number of hydrogen-bond acceptors (Lipinski definition) is 1. The Balaban J connectivity index is 2.11. The Morgan fingerprint density at radius 1 is 1.31 bits per heavy atom. The predicted octanol–water partition coefficient (Wildman–Crippen LogP) is 3.67. The summed E-state index contributed by atoms with van der Waals surface area (Å²) in [6.07, 6.45) is 10.5. The summed E-state index contributed by atoms with van der Waals surface area (Å²) in [7, 11) is 0. The van der Waals surface area contributed by atoms with Crippen molar-refractivity contribution in [2.45, 2.75) is 44.9 Å². The summed E-state index contributed by atoms with van der Waals surface area (Å²) in [5, 5.41) is 8.41. The van der Waals surface area contributed by atoms with Gasteiger partial charge in [0.05, 0.1) is 6.07 Å². The van der Waals surface area contributed by atoms with Crippen LogP contribution in [-0.4, -0.2) is 0 Å². The Hall–Kier alpha value is -0.770. The minimum absolute atomic E-state index is 0.737. The van der Waals surface area contributed by atoms with E-state index in [1.807, 2.05) is 0 Å². The standard InChI is InChI=1S/C12H19N/c1-2-11-6-8-12(9-7-11)5-3-4-10-13/h2,11-12H,1,3-9H2. The highest BCUT2D eigenvalue weighted by atomic mass is 14.3. The molecule has 0 atom stereocenters. The second kappa shape index (κ2) is 5.80. The molecule has 0 amide bonds. The molecule has 1 fully saturated rings. The Morgan fingerprint density at radius 2 is 2.00 bits per heavy atom. The average Bonchev–Trinajstić information content (AvgIpc) is 2.19. The van der Waals surface area contributed by atoms with E-state index in [2.05, 4.69) is 18.7 Å². The molecule has 0 bridgehead atoms. The lowest BCUT2D eigenvalue weighted by molar-refractivity contribution is 0.292. The Bertz CT molecular complexity index is 182. The molecule has 1 aliphatic rings. The molecule has 1 saturated carbocycles. The van der Waals surface area contributed by atoms with E-state index in [-0.39, 0.29) is 0 Å². The molecule has 1 nitrogen and oxygen atoms in total. The molecule has 1 aliphatic carbocycles. The van der Waals surface area contributed by atoms with Crippen LogP contribution in [-0.2, 0) is 0 Å². The van der Waals surface area contributed by atoms with Gasteiger partial charge in [-0.3, -0.25) is 0 Å². The van der Waals surface area contributed by atoms with Crippen LogP contribution in [0, 0.1) is 23.2 Å². The molecule has 0 saturated heterocycles.